The summed E-state index contributed by atoms with van der Waals surface area (Å²) in [6, 6.07) is 26.4. The lowest BCUT2D eigenvalue weighted by Gasteiger charge is -2.26. The molecule has 0 bridgehead atoms. The second-order valence-corrected chi connectivity index (χ2v) is 11.4. The number of hydrogen-bond donors (Lipinski definition) is 1. The molecule has 0 unspecified atom stereocenters. The van der Waals surface area contributed by atoms with Gasteiger partial charge in [-0.15, -0.1) is 0 Å². The highest BCUT2D eigenvalue weighted by molar-refractivity contribution is 7.89. The van der Waals surface area contributed by atoms with Gasteiger partial charge in [0.25, 0.3) is 0 Å². The number of sulfonamides is 1. The smallest absolute Gasteiger partial charge is 0.243 e. The third kappa shape index (κ3) is 4.88. The number of allylic oxidation sites excluding steroid dienone is 1. The molecule has 39 heavy (non-hydrogen) atoms. The molecule has 194 valence electrons. The number of H-pyrrole nitrogens is 1. The van der Waals surface area contributed by atoms with Crippen molar-refractivity contribution < 1.29 is 8.42 Å². The Labute approximate surface area is 226 Å². The summed E-state index contributed by atoms with van der Waals surface area (Å²) in [6.07, 6.45) is 6.37. The summed E-state index contributed by atoms with van der Waals surface area (Å²) in [4.78, 5) is 8.04. The highest BCUT2D eigenvalue weighted by atomic mass is 32.2. The van der Waals surface area contributed by atoms with Crippen LogP contribution in [0.2, 0.25) is 0 Å². The van der Waals surface area contributed by atoms with Gasteiger partial charge in [0.15, 0.2) is 0 Å². The molecule has 2 aromatic heterocycles. The quantitative estimate of drug-likeness (QED) is 0.283. The maximum absolute atomic E-state index is 13.4. The van der Waals surface area contributed by atoms with Gasteiger partial charge in [-0.2, -0.15) is 14.7 Å². The lowest BCUT2D eigenvalue weighted by molar-refractivity contribution is 0.346. The normalized spacial score (nSPS) is 14.9. The first-order chi connectivity index (χ1) is 19.0. The lowest BCUT2D eigenvalue weighted by Crippen LogP contribution is -2.35. The van der Waals surface area contributed by atoms with Gasteiger partial charge in [-0.1, -0.05) is 48.9 Å². The van der Waals surface area contributed by atoms with Crippen LogP contribution in [0, 0.1) is 11.3 Å². The van der Waals surface area contributed by atoms with Crippen LogP contribution in [-0.2, 0) is 10.0 Å². The number of hydrogen-bond acceptors (Lipinski definition) is 5. The molecule has 0 atom stereocenters. The Hall–Kier alpha value is -4.52. The molecular formula is C30H26N6O2S. The van der Waals surface area contributed by atoms with Crippen LogP contribution in [0.25, 0.3) is 39.6 Å². The van der Waals surface area contributed by atoms with E-state index in [1.54, 1.807) is 33.3 Å². The van der Waals surface area contributed by atoms with Crippen molar-refractivity contribution in [3.05, 3.63) is 96.4 Å². The van der Waals surface area contributed by atoms with Gasteiger partial charge in [-0.05, 0) is 55.3 Å². The van der Waals surface area contributed by atoms with Crippen LogP contribution in [-0.4, -0.2) is 45.6 Å². The third-order valence-electron chi connectivity index (χ3n) is 6.89. The number of piperidine rings is 1. The Kier molecular flexibility index (Phi) is 6.57. The summed E-state index contributed by atoms with van der Waals surface area (Å²) in [7, 11) is -3.62. The standard InChI is InChI=1S/C30H26N6O2S/c31-20-23(30-32-27-14-5-6-15-28(27)33-30)18-24-21-36(25-11-3-1-4-12-25)34-29(24)22-10-9-13-26(19-22)39(37,38)35-16-7-2-8-17-35/h1,3-6,9-15,18-19,21H,2,7-8,16-17H2,(H,32,33)/b23-18+. The summed E-state index contributed by atoms with van der Waals surface area (Å²) in [5.74, 6) is 0.457. The molecular weight excluding hydrogens is 508 g/mol. The first-order valence-electron chi connectivity index (χ1n) is 12.9. The van der Waals surface area contributed by atoms with Crippen LogP contribution in [0.4, 0.5) is 0 Å². The molecule has 0 aliphatic carbocycles. The first-order valence-corrected chi connectivity index (χ1v) is 14.3. The number of para-hydroxylation sites is 3. The molecule has 3 heterocycles. The van der Waals surface area contributed by atoms with E-state index in [0.717, 1.165) is 36.0 Å². The molecule has 0 spiro atoms. The number of benzene rings is 3. The molecule has 5 aromatic rings. The molecule has 0 amide bonds. The SMILES string of the molecule is N#C/C(=C\c1cn(-c2ccccc2)nc1-c1cccc(S(=O)(=O)N2CCCCC2)c1)c1nc2ccccc2[nH]1. The van der Waals surface area contributed by atoms with Gasteiger partial charge < -0.3 is 4.98 Å². The maximum atomic E-state index is 13.4. The van der Waals surface area contributed by atoms with Crippen LogP contribution in [0.1, 0.15) is 30.7 Å². The summed E-state index contributed by atoms with van der Waals surface area (Å²) >= 11 is 0. The van der Waals surface area contributed by atoms with E-state index < -0.39 is 10.0 Å². The summed E-state index contributed by atoms with van der Waals surface area (Å²) in [6.45, 7) is 1.07. The van der Waals surface area contributed by atoms with E-state index in [1.165, 1.54) is 0 Å². The van der Waals surface area contributed by atoms with Gasteiger partial charge in [0.05, 0.1) is 27.2 Å². The molecule has 8 nitrogen and oxygen atoms in total. The van der Waals surface area contributed by atoms with Crippen molar-refractivity contribution in [3.8, 4) is 23.0 Å². The Bertz CT molecular complexity index is 1790. The fourth-order valence-electron chi connectivity index (χ4n) is 4.88. The number of fused-ring (bicyclic) bond motifs is 1. The minimum Gasteiger partial charge on any atom is -0.337 e. The van der Waals surface area contributed by atoms with E-state index in [-0.39, 0.29) is 4.90 Å². The number of nitriles is 1. The van der Waals surface area contributed by atoms with Crippen LogP contribution in [0.3, 0.4) is 0 Å². The predicted octanol–water partition coefficient (Wildman–Crippen LogP) is 5.65. The molecule has 3 aromatic carbocycles. The molecule has 9 heteroatoms. The van der Waals surface area contributed by atoms with Crippen molar-refractivity contribution in [1.29, 1.82) is 5.26 Å². The van der Waals surface area contributed by atoms with Crippen molar-refractivity contribution in [2.24, 2.45) is 0 Å². The van der Waals surface area contributed by atoms with Gasteiger partial charge in [-0.25, -0.2) is 18.1 Å². The average molecular weight is 535 g/mol. The van der Waals surface area contributed by atoms with Crippen molar-refractivity contribution in [3.63, 3.8) is 0 Å². The number of nitrogens with one attached hydrogen (secondary N) is 1. The highest BCUT2D eigenvalue weighted by Crippen LogP contribution is 2.30. The van der Waals surface area contributed by atoms with E-state index >= 15 is 0 Å². The lowest BCUT2D eigenvalue weighted by atomic mass is 10.1. The number of aromatic nitrogens is 4. The monoisotopic (exact) mass is 534 g/mol. The van der Waals surface area contributed by atoms with Gasteiger partial charge in [0, 0.05) is 30.4 Å². The zero-order valence-electron chi connectivity index (χ0n) is 21.2. The summed E-state index contributed by atoms with van der Waals surface area (Å²) < 4.78 is 30.1. The molecule has 6 rings (SSSR count). The second kappa shape index (κ2) is 10.3. The van der Waals surface area contributed by atoms with Gasteiger partial charge in [-0.3, -0.25) is 0 Å². The van der Waals surface area contributed by atoms with E-state index in [1.807, 2.05) is 66.9 Å². The Balaban J connectivity index is 1.47. The topological polar surface area (TPSA) is 108 Å². The average Bonchev–Trinajstić information content (AvgIpc) is 3.61. The van der Waals surface area contributed by atoms with Crippen molar-refractivity contribution in [2.45, 2.75) is 24.2 Å². The van der Waals surface area contributed by atoms with Crippen LogP contribution in [0.15, 0.2) is 90.0 Å². The number of aromatic amines is 1. The zero-order chi connectivity index (χ0) is 26.8. The third-order valence-corrected chi connectivity index (χ3v) is 8.78. The van der Waals surface area contributed by atoms with Crippen molar-refractivity contribution in [1.82, 2.24) is 24.1 Å². The summed E-state index contributed by atoms with van der Waals surface area (Å²) in [5, 5.41) is 14.9. The molecule has 1 saturated heterocycles. The summed E-state index contributed by atoms with van der Waals surface area (Å²) in [5.41, 5.74) is 4.68. The van der Waals surface area contributed by atoms with Crippen molar-refractivity contribution >= 4 is 32.7 Å². The predicted molar refractivity (Wildman–Crippen MR) is 151 cm³/mol. The number of imidazole rings is 1. The molecule has 0 saturated carbocycles. The van der Waals surface area contributed by atoms with Crippen LogP contribution < -0.4 is 0 Å². The fourth-order valence-corrected chi connectivity index (χ4v) is 6.44. The number of rotatable bonds is 6. The second-order valence-electron chi connectivity index (χ2n) is 9.48. The molecule has 1 aliphatic heterocycles. The largest absolute Gasteiger partial charge is 0.337 e. The van der Waals surface area contributed by atoms with Gasteiger partial charge in [0.2, 0.25) is 10.0 Å². The Morgan fingerprint density at radius 2 is 1.72 bits per heavy atom. The number of nitrogens with zero attached hydrogens (tertiary/aromatic N) is 5. The van der Waals surface area contributed by atoms with E-state index in [9.17, 15) is 13.7 Å². The first kappa shape index (κ1) is 24.8. The van der Waals surface area contributed by atoms with E-state index in [0.29, 0.717) is 41.3 Å². The van der Waals surface area contributed by atoms with Gasteiger partial charge in [0.1, 0.15) is 17.6 Å². The minimum absolute atomic E-state index is 0.240. The molecule has 1 fully saturated rings. The maximum Gasteiger partial charge on any atom is 0.243 e. The Morgan fingerprint density at radius 1 is 0.949 bits per heavy atom. The Morgan fingerprint density at radius 3 is 2.49 bits per heavy atom. The molecule has 1 N–H and O–H groups in total. The fraction of sp³-hybridized carbons (Fsp3) is 0.167. The highest BCUT2D eigenvalue weighted by Gasteiger charge is 2.26. The van der Waals surface area contributed by atoms with Crippen LogP contribution in [0.5, 0.6) is 0 Å². The van der Waals surface area contributed by atoms with Gasteiger partial charge >= 0.3 is 0 Å². The van der Waals surface area contributed by atoms with Crippen LogP contribution >= 0.6 is 0 Å². The minimum atomic E-state index is -3.62. The zero-order valence-corrected chi connectivity index (χ0v) is 22.0. The van der Waals surface area contributed by atoms with E-state index in [4.69, 9.17) is 5.10 Å². The van der Waals surface area contributed by atoms with Crippen molar-refractivity contribution in [2.75, 3.05) is 13.1 Å². The molecule has 1 aliphatic rings. The molecule has 0 radical (unpaired) electrons. The van der Waals surface area contributed by atoms with E-state index in [2.05, 4.69) is 16.0 Å².